The van der Waals surface area contributed by atoms with Crippen molar-refractivity contribution >= 4 is 11.0 Å². The lowest BCUT2D eigenvalue weighted by atomic mass is 10.2. The van der Waals surface area contributed by atoms with Gasteiger partial charge in [0.05, 0.1) is 6.54 Å². The third kappa shape index (κ3) is 3.48. The van der Waals surface area contributed by atoms with Gasteiger partial charge in [-0.1, -0.05) is 31.9 Å². The highest BCUT2D eigenvalue weighted by Crippen LogP contribution is 2.19. The van der Waals surface area contributed by atoms with Crippen molar-refractivity contribution in [1.29, 1.82) is 0 Å². The summed E-state index contributed by atoms with van der Waals surface area (Å²) in [5, 5.41) is 10.3. The third-order valence-corrected chi connectivity index (χ3v) is 3.46. The number of aryl methyl sites for hydroxylation is 1. The Morgan fingerprint density at radius 3 is 2.63 bits per heavy atom. The van der Waals surface area contributed by atoms with Crippen LogP contribution in [0.4, 0.5) is 0 Å². The van der Waals surface area contributed by atoms with Crippen LogP contribution < -0.4 is 17.0 Å². The molecule has 106 valence electrons. The SMILES string of the molecule is CCCCCC(O)n1c[n+](CC)c2ccccc21.[Cl-]. The van der Waals surface area contributed by atoms with E-state index in [1.807, 2.05) is 23.0 Å². The quantitative estimate of drug-likeness (QED) is 0.588. The van der Waals surface area contributed by atoms with Crippen molar-refractivity contribution in [1.82, 2.24) is 4.57 Å². The highest BCUT2D eigenvalue weighted by molar-refractivity contribution is 5.71. The fourth-order valence-electron chi connectivity index (χ4n) is 2.41. The number of hydrogen-bond acceptors (Lipinski definition) is 1. The van der Waals surface area contributed by atoms with Crippen LogP contribution in [0.25, 0.3) is 11.0 Å². The Morgan fingerprint density at radius 1 is 1.21 bits per heavy atom. The van der Waals surface area contributed by atoms with E-state index in [9.17, 15) is 5.11 Å². The van der Waals surface area contributed by atoms with Crippen LogP contribution in [-0.2, 0) is 6.54 Å². The lowest BCUT2D eigenvalue weighted by Crippen LogP contribution is -3.00. The van der Waals surface area contributed by atoms with Crippen molar-refractivity contribution in [2.24, 2.45) is 0 Å². The van der Waals surface area contributed by atoms with E-state index in [0.717, 1.165) is 24.9 Å². The third-order valence-electron chi connectivity index (χ3n) is 3.46. The molecule has 1 atom stereocenters. The molecule has 1 unspecified atom stereocenters. The Kier molecular flexibility index (Phi) is 6.32. The van der Waals surface area contributed by atoms with E-state index >= 15 is 0 Å². The summed E-state index contributed by atoms with van der Waals surface area (Å²) in [4.78, 5) is 0. The standard InChI is InChI=1S/C15H23N2O.ClH/c1-3-5-6-11-15(18)17-12-16(4-2)13-9-7-8-10-14(13)17;/h7-10,12,15,18H,3-6,11H2,1-2H3;1H/q+1;/p-1. The fraction of sp³-hybridized carbons (Fsp3) is 0.533. The molecule has 0 saturated heterocycles. The number of nitrogens with zero attached hydrogens (tertiary/aromatic N) is 2. The molecule has 2 aromatic rings. The molecule has 1 aromatic carbocycles. The normalized spacial score (nSPS) is 12.4. The van der Waals surface area contributed by atoms with Gasteiger partial charge in [0, 0.05) is 6.42 Å². The highest BCUT2D eigenvalue weighted by Gasteiger charge is 2.19. The molecule has 0 saturated carbocycles. The Morgan fingerprint density at radius 2 is 1.95 bits per heavy atom. The Labute approximate surface area is 121 Å². The number of para-hydroxylation sites is 2. The summed E-state index contributed by atoms with van der Waals surface area (Å²) in [7, 11) is 0. The number of fused-ring (bicyclic) bond motifs is 1. The van der Waals surface area contributed by atoms with Crippen molar-refractivity contribution in [3.63, 3.8) is 0 Å². The summed E-state index contributed by atoms with van der Waals surface area (Å²) in [6.07, 6.45) is 5.90. The molecular formula is C15H23ClN2O. The minimum Gasteiger partial charge on any atom is -1.00 e. The molecule has 0 bridgehead atoms. The van der Waals surface area contributed by atoms with E-state index in [-0.39, 0.29) is 12.4 Å². The summed E-state index contributed by atoms with van der Waals surface area (Å²) in [6.45, 7) is 5.23. The van der Waals surface area contributed by atoms with Gasteiger partial charge in [-0.05, 0) is 25.5 Å². The summed E-state index contributed by atoms with van der Waals surface area (Å²) in [5.74, 6) is 0. The number of imidazole rings is 1. The van der Waals surface area contributed by atoms with E-state index < -0.39 is 6.23 Å². The largest absolute Gasteiger partial charge is 1.00 e. The Bertz CT molecular complexity index is 510. The molecule has 0 aliphatic rings. The summed E-state index contributed by atoms with van der Waals surface area (Å²) >= 11 is 0. The first-order chi connectivity index (χ1) is 8.77. The average molecular weight is 283 g/mol. The molecule has 0 spiro atoms. The molecule has 0 fully saturated rings. The first kappa shape index (κ1) is 16.0. The van der Waals surface area contributed by atoms with E-state index in [1.165, 1.54) is 18.4 Å². The van der Waals surface area contributed by atoms with Crippen LogP contribution in [0.2, 0.25) is 0 Å². The van der Waals surface area contributed by atoms with Crippen molar-refractivity contribution in [3.05, 3.63) is 30.6 Å². The van der Waals surface area contributed by atoms with Gasteiger partial charge in [-0.25, -0.2) is 9.13 Å². The minimum atomic E-state index is -0.408. The lowest BCUT2D eigenvalue weighted by Gasteiger charge is -2.06. The summed E-state index contributed by atoms with van der Waals surface area (Å²) < 4.78 is 4.17. The van der Waals surface area contributed by atoms with Gasteiger partial charge in [-0.15, -0.1) is 0 Å². The average Bonchev–Trinajstić information content (AvgIpc) is 2.78. The molecule has 0 aliphatic carbocycles. The molecule has 0 aliphatic heterocycles. The van der Waals surface area contributed by atoms with Crippen LogP contribution in [-0.4, -0.2) is 9.67 Å². The Hall–Kier alpha value is -1.06. The van der Waals surface area contributed by atoms with Crippen molar-refractivity contribution < 1.29 is 22.1 Å². The molecule has 1 aromatic heterocycles. The lowest BCUT2D eigenvalue weighted by molar-refractivity contribution is -0.669. The van der Waals surface area contributed by atoms with Gasteiger partial charge < -0.3 is 17.5 Å². The van der Waals surface area contributed by atoms with Crippen LogP contribution in [0.1, 0.15) is 45.8 Å². The number of rotatable bonds is 6. The van der Waals surface area contributed by atoms with Crippen molar-refractivity contribution in [2.75, 3.05) is 0 Å². The number of benzene rings is 1. The van der Waals surface area contributed by atoms with Gasteiger partial charge in [-0.3, -0.25) is 0 Å². The summed E-state index contributed by atoms with van der Waals surface area (Å²) in [5.41, 5.74) is 2.30. The molecule has 1 N–H and O–H groups in total. The van der Waals surface area contributed by atoms with Gasteiger partial charge in [0.2, 0.25) is 6.33 Å². The fourth-order valence-corrected chi connectivity index (χ4v) is 2.41. The maximum atomic E-state index is 10.3. The second kappa shape index (κ2) is 7.51. The van der Waals surface area contributed by atoms with Gasteiger partial charge >= 0.3 is 0 Å². The minimum absolute atomic E-state index is 0. The zero-order valence-electron chi connectivity index (χ0n) is 11.7. The molecular weight excluding hydrogens is 260 g/mol. The molecule has 19 heavy (non-hydrogen) atoms. The number of halogens is 1. The molecule has 4 heteroatoms. The van der Waals surface area contributed by atoms with Gasteiger partial charge in [-0.2, -0.15) is 0 Å². The van der Waals surface area contributed by atoms with Crippen LogP contribution in [0, 0.1) is 0 Å². The number of unbranched alkanes of at least 4 members (excludes halogenated alkanes) is 2. The van der Waals surface area contributed by atoms with Gasteiger partial charge in [0.1, 0.15) is 0 Å². The first-order valence-corrected chi connectivity index (χ1v) is 6.95. The predicted molar refractivity (Wildman–Crippen MR) is 73.2 cm³/mol. The van der Waals surface area contributed by atoms with Crippen molar-refractivity contribution in [2.45, 2.75) is 52.3 Å². The van der Waals surface area contributed by atoms with E-state index in [2.05, 4.69) is 30.5 Å². The number of aliphatic hydroxyl groups is 1. The predicted octanol–water partition coefficient (Wildman–Crippen LogP) is 0.0239. The smallest absolute Gasteiger partial charge is 0.246 e. The van der Waals surface area contributed by atoms with Crippen LogP contribution in [0.15, 0.2) is 30.6 Å². The first-order valence-electron chi connectivity index (χ1n) is 6.95. The number of hydrogen-bond donors (Lipinski definition) is 1. The highest BCUT2D eigenvalue weighted by atomic mass is 35.5. The van der Waals surface area contributed by atoms with E-state index in [4.69, 9.17) is 0 Å². The van der Waals surface area contributed by atoms with Gasteiger partial charge in [0.15, 0.2) is 17.3 Å². The van der Waals surface area contributed by atoms with Crippen LogP contribution in [0.3, 0.4) is 0 Å². The van der Waals surface area contributed by atoms with Crippen LogP contribution >= 0.6 is 0 Å². The van der Waals surface area contributed by atoms with Crippen LogP contribution in [0.5, 0.6) is 0 Å². The van der Waals surface area contributed by atoms with E-state index in [0.29, 0.717) is 0 Å². The monoisotopic (exact) mass is 282 g/mol. The van der Waals surface area contributed by atoms with Gasteiger partial charge in [0.25, 0.3) is 0 Å². The molecule has 0 radical (unpaired) electrons. The topological polar surface area (TPSA) is 29.0 Å². The second-order valence-electron chi connectivity index (χ2n) is 4.77. The maximum absolute atomic E-state index is 10.3. The molecule has 1 heterocycles. The summed E-state index contributed by atoms with van der Waals surface area (Å²) in [6, 6.07) is 8.25. The van der Waals surface area contributed by atoms with Crippen molar-refractivity contribution in [3.8, 4) is 0 Å². The number of aromatic nitrogens is 2. The second-order valence-corrected chi connectivity index (χ2v) is 4.77. The molecule has 0 amide bonds. The maximum Gasteiger partial charge on any atom is 0.246 e. The van der Waals surface area contributed by atoms with E-state index in [1.54, 1.807) is 0 Å². The zero-order valence-corrected chi connectivity index (χ0v) is 12.5. The molecule has 2 rings (SSSR count). The zero-order chi connectivity index (χ0) is 13.0. The Balaban J connectivity index is 0.00000180. The number of aliphatic hydroxyl groups excluding tert-OH is 1. The molecule has 3 nitrogen and oxygen atoms in total.